The summed E-state index contributed by atoms with van der Waals surface area (Å²) in [5, 5.41) is 10.3. The predicted octanol–water partition coefficient (Wildman–Crippen LogP) is 4.78. The Morgan fingerprint density at radius 3 is 2.17 bits per heavy atom. The fourth-order valence-electron chi connectivity index (χ4n) is 2.37. The molecule has 0 aliphatic rings. The van der Waals surface area contributed by atoms with Gasteiger partial charge in [0.1, 0.15) is 16.4 Å². The van der Waals surface area contributed by atoms with Gasteiger partial charge in [0.05, 0.1) is 0 Å². The van der Waals surface area contributed by atoms with Crippen LogP contribution in [0.1, 0.15) is 11.1 Å². The Kier molecular flexibility index (Phi) is 4.26. The van der Waals surface area contributed by atoms with Gasteiger partial charge < -0.3 is 9.52 Å². The van der Waals surface area contributed by atoms with Crippen molar-refractivity contribution >= 4 is 11.8 Å². The monoisotopic (exact) mass is 324 g/mol. The van der Waals surface area contributed by atoms with Crippen LogP contribution in [0.15, 0.2) is 73.6 Å². The third-order valence-electron chi connectivity index (χ3n) is 3.56. The SMILES string of the molecule is Cc1cccc(C)c1Sc1c(O)cc(-c2ccccc2)oc1=O. The Hall–Kier alpha value is -2.46. The van der Waals surface area contributed by atoms with Gasteiger partial charge in [-0.05, 0) is 25.0 Å². The Bertz CT molecular complexity index is 878. The molecule has 1 aromatic heterocycles. The molecule has 4 heteroatoms. The van der Waals surface area contributed by atoms with Gasteiger partial charge >= 0.3 is 5.63 Å². The van der Waals surface area contributed by atoms with Crippen LogP contribution in [0.2, 0.25) is 0 Å². The molecular formula is C19H16O3S. The minimum absolute atomic E-state index is 0.0623. The molecule has 116 valence electrons. The molecule has 0 radical (unpaired) electrons. The van der Waals surface area contributed by atoms with Crippen molar-refractivity contribution in [1.82, 2.24) is 0 Å². The van der Waals surface area contributed by atoms with Gasteiger partial charge in [-0.3, -0.25) is 0 Å². The maximum Gasteiger partial charge on any atom is 0.354 e. The van der Waals surface area contributed by atoms with Crippen LogP contribution < -0.4 is 5.63 Å². The van der Waals surface area contributed by atoms with Gasteiger partial charge in [-0.15, -0.1) is 0 Å². The van der Waals surface area contributed by atoms with E-state index < -0.39 is 5.63 Å². The van der Waals surface area contributed by atoms with Gasteiger partial charge in [0, 0.05) is 16.5 Å². The zero-order valence-electron chi connectivity index (χ0n) is 12.9. The summed E-state index contributed by atoms with van der Waals surface area (Å²) in [6, 6.07) is 16.7. The average Bonchev–Trinajstić information content (AvgIpc) is 2.54. The molecule has 0 unspecified atom stereocenters. The molecule has 1 N–H and O–H groups in total. The largest absolute Gasteiger partial charge is 0.506 e. The molecule has 0 spiro atoms. The summed E-state index contributed by atoms with van der Waals surface area (Å²) in [4.78, 5) is 13.5. The smallest absolute Gasteiger partial charge is 0.354 e. The predicted molar refractivity (Wildman–Crippen MR) is 92.1 cm³/mol. The molecule has 3 nitrogen and oxygen atoms in total. The summed E-state index contributed by atoms with van der Waals surface area (Å²) in [5.41, 5.74) is 2.34. The second-order valence-electron chi connectivity index (χ2n) is 5.30. The van der Waals surface area contributed by atoms with E-state index in [4.69, 9.17) is 4.42 Å². The number of hydrogen-bond donors (Lipinski definition) is 1. The van der Waals surface area contributed by atoms with Crippen molar-refractivity contribution in [3.8, 4) is 17.1 Å². The zero-order valence-corrected chi connectivity index (χ0v) is 13.7. The van der Waals surface area contributed by atoms with Crippen molar-refractivity contribution in [3.63, 3.8) is 0 Å². The molecule has 1 heterocycles. The van der Waals surface area contributed by atoms with E-state index in [9.17, 15) is 9.90 Å². The first-order valence-electron chi connectivity index (χ1n) is 7.23. The van der Waals surface area contributed by atoms with Crippen LogP contribution in [-0.4, -0.2) is 5.11 Å². The number of aryl methyl sites for hydroxylation is 2. The highest BCUT2D eigenvalue weighted by molar-refractivity contribution is 7.99. The Morgan fingerprint density at radius 2 is 1.57 bits per heavy atom. The van der Waals surface area contributed by atoms with E-state index in [0.29, 0.717) is 5.76 Å². The second kappa shape index (κ2) is 6.34. The van der Waals surface area contributed by atoms with E-state index in [1.165, 1.54) is 17.8 Å². The molecule has 0 amide bonds. The maximum absolute atomic E-state index is 12.3. The zero-order chi connectivity index (χ0) is 16.4. The first kappa shape index (κ1) is 15.4. The van der Waals surface area contributed by atoms with Crippen LogP contribution in [0.4, 0.5) is 0 Å². The summed E-state index contributed by atoms with van der Waals surface area (Å²) >= 11 is 1.24. The normalized spacial score (nSPS) is 10.7. The minimum Gasteiger partial charge on any atom is -0.506 e. The Morgan fingerprint density at radius 1 is 0.913 bits per heavy atom. The van der Waals surface area contributed by atoms with Crippen LogP contribution in [-0.2, 0) is 0 Å². The quantitative estimate of drug-likeness (QED) is 0.753. The summed E-state index contributed by atoms with van der Waals surface area (Å²) < 4.78 is 5.39. The highest BCUT2D eigenvalue weighted by Gasteiger charge is 2.15. The lowest BCUT2D eigenvalue weighted by molar-refractivity contribution is 0.430. The molecule has 3 aromatic rings. The van der Waals surface area contributed by atoms with Gasteiger partial charge in [0.25, 0.3) is 0 Å². The highest BCUT2D eigenvalue weighted by atomic mass is 32.2. The minimum atomic E-state index is -0.531. The third kappa shape index (κ3) is 3.17. The average molecular weight is 324 g/mol. The van der Waals surface area contributed by atoms with E-state index in [2.05, 4.69) is 0 Å². The lowest BCUT2D eigenvalue weighted by Gasteiger charge is -2.10. The topological polar surface area (TPSA) is 50.4 Å². The molecule has 23 heavy (non-hydrogen) atoms. The van der Waals surface area contributed by atoms with Gasteiger partial charge in [0.2, 0.25) is 0 Å². The van der Waals surface area contributed by atoms with E-state index >= 15 is 0 Å². The molecule has 0 aliphatic carbocycles. The van der Waals surface area contributed by atoms with Crippen LogP contribution >= 0.6 is 11.8 Å². The number of benzene rings is 2. The number of aromatic hydroxyl groups is 1. The molecule has 3 rings (SSSR count). The maximum atomic E-state index is 12.3. The first-order valence-corrected chi connectivity index (χ1v) is 8.04. The first-order chi connectivity index (χ1) is 11.1. The van der Waals surface area contributed by atoms with Gasteiger partial charge in [-0.25, -0.2) is 4.79 Å². The molecule has 0 saturated carbocycles. The lowest BCUT2D eigenvalue weighted by atomic mass is 10.1. The van der Waals surface area contributed by atoms with Crippen LogP contribution in [0.25, 0.3) is 11.3 Å². The van der Waals surface area contributed by atoms with Crippen LogP contribution in [0.5, 0.6) is 5.75 Å². The van der Waals surface area contributed by atoms with Crippen molar-refractivity contribution in [2.75, 3.05) is 0 Å². The third-order valence-corrected chi connectivity index (χ3v) is 4.99. The van der Waals surface area contributed by atoms with E-state index in [-0.39, 0.29) is 10.6 Å². The molecule has 2 aromatic carbocycles. The number of rotatable bonds is 3. The highest BCUT2D eigenvalue weighted by Crippen LogP contribution is 2.37. The van der Waals surface area contributed by atoms with Crippen molar-refractivity contribution in [2.24, 2.45) is 0 Å². The van der Waals surface area contributed by atoms with Crippen LogP contribution in [0.3, 0.4) is 0 Å². The Labute approximate surface area is 138 Å². The molecule has 0 saturated heterocycles. The Balaban J connectivity index is 2.04. The fourth-order valence-corrected chi connectivity index (χ4v) is 3.32. The van der Waals surface area contributed by atoms with Crippen LogP contribution in [0, 0.1) is 13.8 Å². The van der Waals surface area contributed by atoms with E-state index in [1.807, 2.05) is 62.4 Å². The molecule has 0 aliphatic heterocycles. The van der Waals surface area contributed by atoms with E-state index in [0.717, 1.165) is 21.6 Å². The van der Waals surface area contributed by atoms with Gasteiger partial charge in [0.15, 0.2) is 0 Å². The summed E-state index contributed by atoms with van der Waals surface area (Å²) in [6.45, 7) is 3.96. The van der Waals surface area contributed by atoms with Crippen molar-refractivity contribution in [3.05, 3.63) is 76.1 Å². The standard InChI is InChI=1S/C19H16O3S/c1-12-7-6-8-13(2)17(12)23-18-15(20)11-16(22-19(18)21)14-9-4-3-5-10-14/h3-11,20H,1-2H3. The molecule has 0 bridgehead atoms. The molecule has 0 fully saturated rings. The summed E-state index contributed by atoms with van der Waals surface area (Å²) in [7, 11) is 0. The van der Waals surface area contributed by atoms with Gasteiger partial charge in [-0.1, -0.05) is 60.3 Å². The lowest BCUT2D eigenvalue weighted by Crippen LogP contribution is -2.03. The fraction of sp³-hybridized carbons (Fsp3) is 0.105. The molecular weight excluding hydrogens is 308 g/mol. The van der Waals surface area contributed by atoms with Crippen molar-refractivity contribution < 1.29 is 9.52 Å². The summed E-state index contributed by atoms with van der Waals surface area (Å²) in [6.07, 6.45) is 0. The van der Waals surface area contributed by atoms with Crippen molar-refractivity contribution in [2.45, 2.75) is 23.6 Å². The summed E-state index contributed by atoms with van der Waals surface area (Å²) in [5.74, 6) is 0.298. The van der Waals surface area contributed by atoms with Gasteiger partial charge in [-0.2, -0.15) is 0 Å². The number of hydrogen-bond acceptors (Lipinski definition) is 4. The van der Waals surface area contributed by atoms with E-state index in [1.54, 1.807) is 0 Å². The van der Waals surface area contributed by atoms with Crippen molar-refractivity contribution in [1.29, 1.82) is 0 Å². The molecule has 0 atom stereocenters. The second-order valence-corrected chi connectivity index (χ2v) is 6.32.